The van der Waals surface area contributed by atoms with Crippen molar-refractivity contribution in [2.24, 2.45) is 0 Å². The number of nitrogens with zero attached hydrogens (tertiary/aromatic N) is 1. The zero-order valence-electron chi connectivity index (χ0n) is 9.58. The SMILES string of the molecule is [B]C1CC=CC=C1N1CCNCC1.[CH3][AlH]. The van der Waals surface area contributed by atoms with Crippen LogP contribution < -0.4 is 5.32 Å². The lowest BCUT2D eigenvalue weighted by molar-refractivity contribution is 0.290. The summed E-state index contributed by atoms with van der Waals surface area (Å²) < 4.78 is 0. The lowest BCUT2D eigenvalue weighted by atomic mass is 9.78. The second kappa shape index (κ2) is 7.17. The smallest absolute Gasteiger partial charge is 0.167 e. The maximum atomic E-state index is 6.03. The molecule has 4 heteroatoms. The minimum atomic E-state index is 0.211. The van der Waals surface area contributed by atoms with Gasteiger partial charge in [-0.2, -0.15) is 0 Å². The van der Waals surface area contributed by atoms with Gasteiger partial charge in [-0.25, -0.2) is 0 Å². The molecule has 0 bridgehead atoms. The summed E-state index contributed by atoms with van der Waals surface area (Å²) in [6.45, 7) is 4.34. The Balaban J connectivity index is 0.000000531. The Bertz CT molecular complexity index is 235. The molecule has 2 rings (SSSR count). The molecule has 1 N–H and O–H groups in total. The van der Waals surface area contributed by atoms with Crippen molar-refractivity contribution in [3.05, 3.63) is 23.9 Å². The van der Waals surface area contributed by atoms with Gasteiger partial charge in [0, 0.05) is 31.9 Å². The predicted molar refractivity (Wildman–Crippen MR) is 68.8 cm³/mol. The molecule has 0 saturated carbocycles. The van der Waals surface area contributed by atoms with Crippen molar-refractivity contribution in [2.75, 3.05) is 26.2 Å². The summed E-state index contributed by atoms with van der Waals surface area (Å²) in [7, 11) is 6.03. The van der Waals surface area contributed by atoms with Crippen LogP contribution in [0.4, 0.5) is 0 Å². The molecule has 3 radical (unpaired) electrons. The van der Waals surface area contributed by atoms with E-state index in [9.17, 15) is 0 Å². The second-order valence-electron chi connectivity index (χ2n) is 3.60. The highest BCUT2D eigenvalue weighted by Gasteiger charge is 2.17. The number of nitrogens with one attached hydrogen (secondary N) is 1. The van der Waals surface area contributed by atoms with Gasteiger partial charge in [0.05, 0.1) is 7.85 Å². The van der Waals surface area contributed by atoms with Crippen LogP contribution in [-0.2, 0) is 0 Å². The van der Waals surface area contributed by atoms with Crippen molar-refractivity contribution in [1.82, 2.24) is 10.2 Å². The van der Waals surface area contributed by atoms with Crippen LogP contribution in [0.2, 0.25) is 11.6 Å². The molecule has 1 aliphatic carbocycles. The molecular weight excluding hydrogens is 198 g/mol. The minimum absolute atomic E-state index is 0.211. The first kappa shape index (κ1) is 12.9. The van der Waals surface area contributed by atoms with E-state index in [-0.39, 0.29) is 5.82 Å². The van der Waals surface area contributed by atoms with E-state index in [1.807, 2.05) is 22.1 Å². The van der Waals surface area contributed by atoms with E-state index in [2.05, 4.69) is 28.4 Å². The standard InChI is InChI=1S/C10H15BN2.CH3.Al.H/c11-9-3-1-2-4-10(9)13-7-5-12-6-8-13;;;/h1-2,4,9,12H,3,5-8H2;1H3;;. The van der Waals surface area contributed by atoms with Crippen LogP contribution in [0.1, 0.15) is 6.42 Å². The topological polar surface area (TPSA) is 15.3 Å². The minimum Gasteiger partial charge on any atom is -0.373 e. The molecule has 0 spiro atoms. The molecule has 1 saturated heterocycles. The third kappa shape index (κ3) is 3.72. The van der Waals surface area contributed by atoms with E-state index in [1.165, 1.54) is 5.70 Å². The molecule has 1 heterocycles. The maximum Gasteiger partial charge on any atom is 0.167 e. The van der Waals surface area contributed by atoms with Gasteiger partial charge < -0.3 is 10.2 Å². The van der Waals surface area contributed by atoms with Gasteiger partial charge in [-0.1, -0.05) is 12.2 Å². The Kier molecular flexibility index (Phi) is 6.17. The van der Waals surface area contributed by atoms with Crippen LogP contribution >= 0.6 is 0 Å². The number of rotatable bonds is 1. The molecule has 15 heavy (non-hydrogen) atoms. The van der Waals surface area contributed by atoms with Crippen molar-refractivity contribution >= 4 is 24.1 Å². The average Bonchev–Trinajstić information content (AvgIpc) is 2.33. The molecule has 0 amide bonds. The van der Waals surface area contributed by atoms with E-state index < -0.39 is 0 Å². The average molecular weight is 217 g/mol. The summed E-state index contributed by atoms with van der Waals surface area (Å²) in [5, 5.41) is 3.34. The van der Waals surface area contributed by atoms with Gasteiger partial charge in [0.25, 0.3) is 0 Å². The zero-order valence-corrected chi connectivity index (χ0v) is 11.0. The predicted octanol–water partition coefficient (Wildman–Crippen LogP) is 0.628. The van der Waals surface area contributed by atoms with E-state index in [0.29, 0.717) is 0 Å². The Labute approximate surface area is 103 Å². The Morgan fingerprint density at radius 2 is 2.07 bits per heavy atom. The first-order chi connectivity index (χ1) is 7.38. The zero-order chi connectivity index (χ0) is 11.1. The number of allylic oxidation sites excluding steroid dienone is 4. The molecule has 1 fully saturated rings. The van der Waals surface area contributed by atoms with Crippen LogP contribution in [0.25, 0.3) is 0 Å². The van der Waals surface area contributed by atoms with Gasteiger partial charge in [-0.3, -0.25) is 0 Å². The quantitative estimate of drug-likeness (QED) is 0.648. The first-order valence-electron chi connectivity index (χ1n) is 5.66. The Morgan fingerprint density at radius 3 is 2.67 bits per heavy atom. The fourth-order valence-corrected chi connectivity index (χ4v) is 1.90. The van der Waals surface area contributed by atoms with Crippen molar-refractivity contribution in [3.8, 4) is 0 Å². The number of piperazine rings is 1. The van der Waals surface area contributed by atoms with Crippen LogP contribution in [0, 0.1) is 0 Å². The summed E-state index contributed by atoms with van der Waals surface area (Å²) >= 11 is 1.86. The van der Waals surface area contributed by atoms with Gasteiger partial charge in [0.15, 0.2) is 16.3 Å². The van der Waals surface area contributed by atoms with Gasteiger partial charge in [0.2, 0.25) is 0 Å². The first-order valence-corrected chi connectivity index (χ1v) is 7.08. The lowest BCUT2D eigenvalue weighted by Gasteiger charge is -2.35. The summed E-state index contributed by atoms with van der Waals surface area (Å²) in [5.74, 6) is 2.24. The van der Waals surface area contributed by atoms with E-state index >= 15 is 0 Å². The largest absolute Gasteiger partial charge is 0.373 e. The van der Waals surface area contributed by atoms with Crippen LogP contribution in [0.5, 0.6) is 0 Å². The van der Waals surface area contributed by atoms with Gasteiger partial charge in [-0.05, 0) is 18.3 Å². The summed E-state index contributed by atoms with van der Waals surface area (Å²) in [5.41, 5.74) is 1.31. The highest BCUT2D eigenvalue weighted by atomic mass is 27.0. The van der Waals surface area contributed by atoms with Crippen LogP contribution in [-0.4, -0.2) is 55.2 Å². The van der Waals surface area contributed by atoms with E-state index in [0.717, 1.165) is 32.6 Å². The molecule has 0 aromatic carbocycles. The highest BCUT2D eigenvalue weighted by molar-refractivity contribution is 6.13. The Morgan fingerprint density at radius 1 is 1.40 bits per heavy atom. The fourth-order valence-electron chi connectivity index (χ4n) is 1.90. The molecule has 0 aromatic heterocycles. The molecule has 2 aliphatic rings. The summed E-state index contributed by atoms with van der Waals surface area (Å²) in [4.78, 5) is 2.39. The third-order valence-electron chi connectivity index (χ3n) is 2.66. The van der Waals surface area contributed by atoms with Gasteiger partial charge in [0.1, 0.15) is 0 Å². The van der Waals surface area contributed by atoms with Crippen molar-refractivity contribution in [1.29, 1.82) is 0 Å². The fraction of sp³-hybridized carbons (Fsp3) is 0.636. The molecule has 1 aliphatic heterocycles. The molecule has 79 valence electrons. The van der Waals surface area contributed by atoms with Gasteiger partial charge >= 0.3 is 0 Å². The van der Waals surface area contributed by atoms with Crippen molar-refractivity contribution in [2.45, 2.75) is 18.0 Å². The number of hydrogen-bond donors (Lipinski definition) is 1. The van der Waals surface area contributed by atoms with Crippen LogP contribution in [0.3, 0.4) is 0 Å². The molecule has 2 nitrogen and oxygen atoms in total. The monoisotopic (exact) mass is 217 g/mol. The van der Waals surface area contributed by atoms with E-state index in [4.69, 9.17) is 7.85 Å². The normalized spacial score (nSPS) is 25.3. The summed E-state index contributed by atoms with van der Waals surface area (Å²) in [6.07, 6.45) is 7.38. The van der Waals surface area contributed by atoms with Crippen molar-refractivity contribution in [3.63, 3.8) is 0 Å². The third-order valence-corrected chi connectivity index (χ3v) is 2.66. The lowest BCUT2D eigenvalue weighted by Crippen LogP contribution is -2.43. The maximum absolute atomic E-state index is 6.03. The number of hydrogen-bond acceptors (Lipinski definition) is 2. The van der Waals surface area contributed by atoms with Gasteiger partial charge in [-0.15, -0.1) is 5.79 Å². The molecule has 0 aromatic rings. The summed E-state index contributed by atoms with van der Waals surface area (Å²) in [6, 6.07) is 0. The second-order valence-corrected chi connectivity index (χ2v) is 3.60. The van der Waals surface area contributed by atoms with E-state index in [1.54, 1.807) is 0 Å². The Hall–Kier alpha value is -0.163. The molecule has 1 atom stereocenters. The highest BCUT2D eigenvalue weighted by Crippen LogP contribution is 2.26. The molecule has 1 unspecified atom stereocenters. The van der Waals surface area contributed by atoms with Crippen LogP contribution in [0.15, 0.2) is 23.9 Å². The molecular formula is C11H19AlBN2. The van der Waals surface area contributed by atoms with Crippen molar-refractivity contribution < 1.29 is 0 Å².